The second kappa shape index (κ2) is 8.23. The van der Waals surface area contributed by atoms with Crippen molar-refractivity contribution < 1.29 is 9.90 Å². The third kappa shape index (κ3) is 4.39. The lowest BCUT2D eigenvalue weighted by molar-refractivity contribution is -0.138. The number of nitrogens with one attached hydrogen (secondary N) is 2. The van der Waals surface area contributed by atoms with E-state index in [4.69, 9.17) is 5.11 Å². The van der Waals surface area contributed by atoms with Gasteiger partial charge in [0.15, 0.2) is 0 Å². The minimum Gasteiger partial charge on any atom is -0.480 e. The molecule has 0 spiro atoms. The molecule has 2 fully saturated rings. The molecule has 1 aromatic carbocycles. The van der Waals surface area contributed by atoms with Crippen LogP contribution in [0.3, 0.4) is 0 Å². The van der Waals surface area contributed by atoms with E-state index >= 15 is 0 Å². The van der Waals surface area contributed by atoms with E-state index in [1.165, 1.54) is 23.8 Å². The quantitative estimate of drug-likeness (QED) is 0.756. The molecule has 0 atom stereocenters. The van der Waals surface area contributed by atoms with Crippen molar-refractivity contribution in [2.75, 3.05) is 32.7 Å². The molecule has 0 aliphatic carbocycles. The number of carboxylic acid groups (broad SMARTS) is 1. The number of likely N-dealkylation sites (tertiary alicyclic amines) is 1. The molecule has 0 saturated carbocycles. The van der Waals surface area contributed by atoms with Gasteiger partial charge in [-0.3, -0.25) is 14.8 Å². The van der Waals surface area contributed by atoms with Crippen molar-refractivity contribution >= 4 is 22.9 Å². The first kappa shape index (κ1) is 18.2. The number of aromatic nitrogens is 2. The van der Waals surface area contributed by atoms with E-state index in [2.05, 4.69) is 45.9 Å². The molecule has 144 valence electrons. The Labute approximate surface area is 159 Å². The van der Waals surface area contributed by atoms with Crippen molar-refractivity contribution in [3.63, 3.8) is 0 Å². The number of carboxylic acids is 1. The number of H-pyrrole nitrogens is 1. The van der Waals surface area contributed by atoms with Crippen LogP contribution in [0.25, 0.3) is 17.0 Å². The first-order chi connectivity index (χ1) is 13.2. The average molecular weight is 368 g/mol. The van der Waals surface area contributed by atoms with Crippen LogP contribution >= 0.6 is 0 Å². The van der Waals surface area contributed by atoms with E-state index in [1.54, 1.807) is 0 Å². The van der Waals surface area contributed by atoms with Crippen molar-refractivity contribution in [2.45, 2.75) is 31.6 Å². The van der Waals surface area contributed by atoms with Crippen LogP contribution in [-0.2, 0) is 4.79 Å². The highest BCUT2D eigenvalue weighted by Crippen LogP contribution is 2.32. The van der Waals surface area contributed by atoms with Gasteiger partial charge in [-0.05, 0) is 69.4 Å². The Hall–Kier alpha value is -2.18. The topological polar surface area (TPSA) is 81.2 Å². The smallest absolute Gasteiger partial charge is 0.317 e. The van der Waals surface area contributed by atoms with Crippen LogP contribution in [0.15, 0.2) is 24.3 Å². The Morgan fingerprint density at radius 2 is 2.00 bits per heavy atom. The summed E-state index contributed by atoms with van der Waals surface area (Å²) in [5.74, 6) is 0.332. The number of benzene rings is 1. The molecular weight excluding hydrogens is 340 g/mol. The van der Waals surface area contributed by atoms with E-state index in [1.807, 2.05) is 4.90 Å². The molecule has 0 bridgehead atoms. The van der Waals surface area contributed by atoms with Crippen LogP contribution in [-0.4, -0.2) is 58.9 Å². The Balaban J connectivity index is 1.43. The molecule has 2 saturated heterocycles. The number of fused-ring (bicyclic) bond motifs is 1. The Bertz CT molecular complexity index is 815. The van der Waals surface area contributed by atoms with Gasteiger partial charge >= 0.3 is 5.97 Å². The Kier molecular flexibility index (Phi) is 5.55. The van der Waals surface area contributed by atoms with Crippen LogP contribution in [0.4, 0.5) is 0 Å². The fraction of sp³-hybridized carbons (Fsp3) is 0.524. The second-order valence-electron chi connectivity index (χ2n) is 7.80. The zero-order valence-electron chi connectivity index (χ0n) is 15.7. The van der Waals surface area contributed by atoms with Crippen molar-refractivity contribution in [3.8, 4) is 0 Å². The first-order valence-electron chi connectivity index (χ1n) is 10.00. The zero-order valence-corrected chi connectivity index (χ0v) is 15.7. The number of nitrogens with zero attached hydrogens (tertiary/aromatic N) is 2. The van der Waals surface area contributed by atoms with Gasteiger partial charge < -0.3 is 10.4 Å². The summed E-state index contributed by atoms with van der Waals surface area (Å²) in [4.78, 5) is 12.9. The molecule has 0 amide bonds. The lowest BCUT2D eigenvalue weighted by Crippen LogP contribution is -2.36. The highest BCUT2D eigenvalue weighted by atomic mass is 16.4. The predicted molar refractivity (Wildman–Crippen MR) is 107 cm³/mol. The molecule has 2 aliphatic heterocycles. The average Bonchev–Trinajstić information content (AvgIpc) is 3.10. The fourth-order valence-corrected chi connectivity index (χ4v) is 4.31. The maximum absolute atomic E-state index is 10.9. The molecular formula is C21H28N4O2. The maximum atomic E-state index is 10.9. The number of aromatic amines is 1. The van der Waals surface area contributed by atoms with Gasteiger partial charge in [-0.15, -0.1) is 0 Å². The number of rotatable bonds is 5. The van der Waals surface area contributed by atoms with Gasteiger partial charge in [0.25, 0.3) is 0 Å². The van der Waals surface area contributed by atoms with Crippen LogP contribution < -0.4 is 5.32 Å². The minimum absolute atomic E-state index is 0.140. The highest BCUT2D eigenvalue weighted by Gasteiger charge is 2.25. The maximum Gasteiger partial charge on any atom is 0.317 e. The number of hydrogen-bond acceptors (Lipinski definition) is 4. The van der Waals surface area contributed by atoms with Crippen molar-refractivity contribution in [1.29, 1.82) is 0 Å². The predicted octanol–water partition coefficient (Wildman–Crippen LogP) is 2.84. The molecule has 1 aromatic heterocycles. The minimum atomic E-state index is -0.747. The largest absolute Gasteiger partial charge is 0.480 e. The van der Waals surface area contributed by atoms with Crippen LogP contribution in [0.5, 0.6) is 0 Å². The Morgan fingerprint density at radius 3 is 2.74 bits per heavy atom. The monoisotopic (exact) mass is 368 g/mol. The summed E-state index contributed by atoms with van der Waals surface area (Å²) in [5, 5.41) is 21.4. The molecule has 0 radical (unpaired) electrons. The van der Waals surface area contributed by atoms with Gasteiger partial charge in [0.2, 0.25) is 0 Å². The summed E-state index contributed by atoms with van der Waals surface area (Å²) in [6.45, 7) is 4.01. The normalized spacial score (nSPS) is 20.6. The van der Waals surface area contributed by atoms with Gasteiger partial charge in [-0.1, -0.05) is 24.3 Å². The van der Waals surface area contributed by atoms with Crippen molar-refractivity contribution in [3.05, 3.63) is 35.5 Å². The van der Waals surface area contributed by atoms with Gasteiger partial charge in [0.1, 0.15) is 0 Å². The van der Waals surface area contributed by atoms with Gasteiger partial charge in [0, 0.05) is 11.3 Å². The van der Waals surface area contributed by atoms with Crippen LogP contribution in [0.2, 0.25) is 0 Å². The van der Waals surface area contributed by atoms with Crippen LogP contribution in [0, 0.1) is 5.92 Å². The van der Waals surface area contributed by atoms with Crippen molar-refractivity contribution in [1.82, 2.24) is 20.4 Å². The van der Waals surface area contributed by atoms with E-state index in [0.717, 1.165) is 50.2 Å². The summed E-state index contributed by atoms with van der Waals surface area (Å²) in [7, 11) is 0. The van der Waals surface area contributed by atoms with Gasteiger partial charge in [-0.2, -0.15) is 5.10 Å². The fourth-order valence-electron chi connectivity index (χ4n) is 4.31. The molecule has 2 aliphatic rings. The number of piperidine rings is 2. The van der Waals surface area contributed by atoms with Crippen LogP contribution in [0.1, 0.15) is 42.9 Å². The lowest BCUT2D eigenvalue weighted by Gasteiger charge is -2.30. The third-order valence-electron chi connectivity index (χ3n) is 5.89. The summed E-state index contributed by atoms with van der Waals surface area (Å²) in [6, 6.07) is 6.54. The standard InChI is InChI=1S/C21H28N4O2/c26-20(27)14-25-11-7-17(8-12-25)21-18-4-3-16(13-19(18)23-24-21)2-1-15-5-9-22-10-6-15/h1-4,13,15,17,22H,5-12,14H2,(H,23,24)(H,26,27). The van der Waals surface area contributed by atoms with E-state index in [-0.39, 0.29) is 6.54 Å². The number of aliphatic carboxylic acids is 1. The second-order valence-corrected chi connectivity index (χ2v) is 7.80. The molecule has 4 rings (SSSR count). The molecule has 6 nitrogen and oxygen atoms in total. The third-order valence-corrected chi connectivity index (χ3v) is 5.89. The molecule has 3 heterocycles. The summed E-state index contributed by atoms with van der Waals surface area (Å²) >= 11 is 0. The van der Waals surface area contributed by atoms with E-state index in [0.29, 0.717) is 11.8 Å². The zero-order chi connectivity index (χ0) is 18.6. The lowest BCUT2D eigenvalue weighted by atomic mass is 9.91. The molecule has 3 N–H and O–H groups in total. The molecule has 27 heavy (non-hydrogen) atoms. The summed E-state index contributed by atoms with van der Waals surface area (Å²) in [6.07, 6.45) is 8.94. The molecule has 0 unspecified atom stereocenters. The van der Waals surface area contributed by atoms with E-state index in [9.17, 15) is 4.79 Å². The Morgan fingerprint density at radius 1 is 1.22 bits per heavy atom. The molecule has 6 heteroatoms. The van der Waals surface area contributed by atoms with Gasteiger partial charge in [0.05, 0.1) is 17.8 Å². The highest BCUT2D eigenvalue weighted by molar-refractivity contribution is 5.84. The van der Waals surface area contributed by atoms with Crippen molar-refractivity contribution in [2.24, 2.45) is 5.92 Å². The summed E-state index contributed by atoms with van der Waals surface area (Å²) < 4.78 is 0. The SMILES string of the molecule is O=C(O)CN1CCC(c2n[nH]c3cc(C=CC4CCNCC4)ccc23)CC1. The summed E-state index contributed by atoms with van der Waals surface area (Å²) in [5.41, 5.74) is 3.44. The van der Waals surface area contributed by atoms with Gasteiger partial charge in [-0.25, -0.2) is 0 Å². The number of carbonyl (C=O) groups is 1. The molecule has 2 aromatic rings. The van der Waals surface area contributed by atoms with E-state index < -0.39 is 5.97 Å². The first-order valence-corrected chi connectivity index (χ1v) is 10.00. The number of allylic oxidation sites excluding steroid dienone is 1. The number of hydrogen-bond donors (Lipinski definition) is 3.